The van der Waals surface area contributed by atoms with Gasteiger partial charge in [0.1, 0.15) is 11.4 Å². The molecule has 3 rings (SSSR count). The van der Waals surface area contributed by atoms with Crippen LogP contribution in [0.5, 0.6) is 5.75 Å². The molecular formula is C25H24N2O4. The molecule has 4 N–H and O–H groups in total. The fraction of sp³-hybridized carbons (Fsp3) is 0.120. The Hall–Kier alpha value is -3.90. The monoisotopic (exact) mass is 416 g/mol. The van der Waals surface area contributed by atoms with Crippen molar-refractivity contribution in [2.75, 3.05) is 6.61 Å². The normalized spacial score (nSPS) is 12.1. The van der Waals surface area contributed by atoms with E-state index in [2.05, 4.69) is 10.6 Å². The Morgan fingerprint density at radius 3 is 2.10 bits per heavy atom. The molecule has 0 saturated heterocycles. The van der Waals surface area contributed by atoms with Crippen LogP contribution in [0.25, 0.3) is 6.08 Å². The van der Waals surface area contributed by atoms with Crippen LogP contribution in [-0.2, 0) is 11.2 Å². The minimum Gasteiger partial charge on any atom is -0.508 e. The molecule has 0 aliphatic carbocycles. The molecule has 0 fully saturated rings. The molecule has 1 atom stereocenters. The van der Waals surface area contributed by atoms with Crippen LogP contribution in [0.4, 0.5) is 0 Å². The lowest BCUT2D eigenvalue weighted by molar-refractivity contribution is -0.118. The van der Waals surface area contributed by atoms with Crippen LogP contribution in [0.2, 0.25) is 0 Å². The van der Waals surface area contributed by atoms with Gasteiger partial charge in [-0.05, 0) is 47.9 Å². The zero-order chi connectivity index (χ0) is 22.1. The molecule has 0 spiro atoms. The smallest absolute Gasteiger partial charge is 0.268 e. The number of hydrogen-bond acceptors (Lipinski definition) is 4. The number of amides is 2. The van der Waals surface area contributed by atoms with Crippen LogP contribution < -0.4 is 10.6 Å². The SMILES string of the molecule is O=C(N[C@H](CO)Cc1ccccc1)/C(=C\c1ccc(O)cc1)NC(=O)c1ccccc1. The fourth-order valence-corrected chi connectivity index (χ4v) is 3.00. The number of phenolic OH excluding ortho intramolecular Hbond substituents is 1. The van der Waals surface area contributed by atoms with E-state index in [1.165, 1.54) is 18.2 Å². The van der Waals surface area contributed by atoms with Gasteiger partial charge in [-0.3, -0.25) is 9.59 Å². The fourth-order valence-electron chi connectivity index (χ4n) is 3.00. The quantitative estimate of drug-likeness (QED) is 0.425. The van der Waals surface area contributed by atoms with Gasteiger partial charge >= 0.3 is 0 Å². The van der Waals surface area contributed by atoms with E-state index < -0.39 is 17.9 Å². The lowest BCUT2D eigenvalue weighted by Gasteiger charge is -2.18. The average molecular weight is 416 g/mol. The summed E-state index contributed by atoms with van der Waals surface area (Å²) in [6.45, 7) is -0.250. The minimum absolute atomic E-state index is 0.0334. The van der Waals surface area contributed by atoms with Crippen molar-refractivity contribution >= 4 is 17.9 Å². The van der Waals surface area contributed by atoms with Gasteiger partial charge in [0, 0.05) is 5.56 Å². The van der Waals surface area contributed by atoms with E-state index in [-0.39, 0.29) is 18.1 Å². The lowest BCUT2D eigenvalue weighted by Crippen LogP contribution is -2.43. The summed E-state index contributed by atoms with van der Waals surface area (Å²) in [4.78, 5) is 25.6. The number of benzene rings is 3. The molecule has 0 aromatic heterocycles. The zero-order valence-electron chi connectivity index (χ0n) is 16.9. The number of hydrogen-bond donors (Lipinski definition) is 4. The van der Waals surface area contributed by atoms with Crippen molar-refractivity contribution in [1.29, 1.82) is 0 Å². The van der Waals surface area contributed by atoms with Crippen molar-refractivity contribution in [2.45, 2.75) is 12.5 Å². The molecule has 3 aromatic carbocycles. The molecule has 6 nitrogen and oxygen atoms in total. The second-order valence-corrected chi connectivity index (χ2v) is 7.01. The molecule has 0 radical (unpaired) electrons. The third kappa shape index (κ3) is 6.55. The Labute approximate surface area is 180 Å². The summed E-state index contributed by atoms with van der Waals surface area (Å²) in [5.41, 5.74) is 2.04. The molecule has 0 aliphatic heterocycles. The van der Waals surface area contributed by atoms with Crippen molar-refractivity contribution in [1.82, 2.24) is 10.6 Å². The van der Waals surface area contributed by atoms with Gasteiger partial charge in [-0.1, -0.05) is 60.7 Å². The summed E-state index contributed by atoms with van der Waals surface area (Å²) in [6.07, 6.45) is 1.97. The molecule has 6 heteroatoms. The number of phenols is 1. The van der Waals surface area contributed by atoms with E-state index >= 15 is 0 Å². The first-order valence-electron chi connectivity index (χ1n) is 9.88. The molecule has 0 heterocycles. The van der Waals surface area contributed by atoms with Crippen molar-refractivity contribution in [2.24, 2.45) is 0 Å². The molecular weight excluding hydrogens is 392 g/mol. The van der Waals surface area contributed by atoms with Gasteiger partial charge in [-0.25, -0.2) is 0 Å². The second kappa shape index (κ2) is 10.8. The first kappa shape index (κ1) is 21.8. The first-order valence-corrected chi connectivity index (χ1v) is 9.88. The number of aliphatic hydroxyl groups is 1. The van der Waals surface area contributed by atoms with Crippen molar-refractivity contribution in [3.05, 3.63) is 107 Å². The maximum Gasteiger partial charge on any atom is 0.268 e. The zero-order valence-corrected chi connectivity index (χ0v) is 16.9. The minimum atomic E-state index is -0.522. The number of rotatable bonds is 8. The number of carbonyl (C=O) groups excluding carboxylic acids is 2. The van der Waals surface area contributed by atoms with E-state index in [4.69, 9.17) is 0 Å². The van der Waals surface area contributed by atoms with Gasteiger partial charge in [0.2, 0.25) is 0 Å². The van der Waals surface area contributed by atoms with E-state index in [1.54, 1.807) is 42.5 Å². The summed E-state index contributed by atoms with van der Waals surface area (Å²) >= 11 is 0. The van der Waals surface area contributed by atoms with Crippen molar-refractivity contribution < 1.29 is 19.8 Å². The van der Waals surface area contributed by atoms with E-state index in [0.717, 1.165) is 5.56 Å². The summed E-state index contributed by atoms with van der Waals surface area (Å²) in [6, 6.07) is 23.8. The number of aromatic hydroxyl groups is 1. The van der Waals surface area contributed by atoms with Crippen LogP contribution in [-0.4, -0.2) is 34.7 Å². The predicted octanol–water partition coefficient (Wildman–Crippen LogP) is 2.88. The summed E-state index contributed by atoms with van der Waals surface area (Å²) < 4.78 is 0. The molecule has 158 valence electrons. The van der Waals surface area contributed by atoms with Crippen molar-refractivity contribution in [3.63, 3.8) is 0 Å². The van der Waals surface area contributed by atoms with Crippen LogP contribution in [0.15, 0.2) is 90.6 Å². The highest BCUT2D eigenvalue weighted by Gasteiger charge is 2.18. The topological polar surface area (TPSA) is 98.7 Å². The van der Waals surface area contributed by atoms with Gasteiger partial charge in [0.15, 0.2) is 0 Å². The number of nitrogens with one attached hydrogen (secondary N) is 2. The highest BCUT2D eigenvalue weighted by molar-refractivity contribution is 6.05. The van der Waals surface area contributed by atoms with Crippen LogP contribution in [0, 0.1) is 0 Å². The van der Waals surface area contributed by atoms with Gasteiger partial charge in [0.05, 0.1) is 12.6 Å². The maximum atomic E-state index is 13.0. The third-order valence-electron chi connectivity index (χ3n) is 4.61. The molecule has 0 bridgehead atoms. The molecule has 2 amide bonds. The highest BCUT2D eigenvalue weighted by Crippen LogP contribution is 2.13. The number of aliphatic hydroxyl groups excluding tert-OH is 1. The summed E-state index contributed by atoms with van der Waals surface area (Å²) in [5, 5.41) is 24.7. The Bertz CT molecular complexity index is 1030. The molecule has 0 aliphatic rings. The summed E-state index contributed by atoms with van der Waals surface area (Å²) in [7, 11) is 0. The Morgan fingerprint density at radius 1 is 0.871 bits per heavy atom. The van der Waals surface area contributed by atoms with E-state index in [1.807, 2.05) is 30.3 Å². The second-order valence-electron chi connectivity index (χ2n) is 7.01. The van der Waals surface area contributed by atoms with Crippen LogP contribution >= 0.6 is 0 Å². The molecule has 0 unspecified atom stereocenters. The van der Waals surface area contributed by atoms with E-state index in [0.29, 0.717) is 17.5 Å². The Morgan fingerprint density at radius 2 is 1.48 bits per heavy atom. The summed E-state index contributed by atoms with van der Waals surface area (Å²) in [5.74, 6) is -0.851. The third-order valence-corrected chi connectivity index (χ3v) is 4.61. The largest absolute Gasteiger partial charge is 0.508 e. The first-order chi connectivity index (χ1) is 15.0. The average Bonchev–Trinajstić information content (AvgIpc) is 2.80. The maximum absolute atomic E-state index is 13.0. The highest BCUT2D eigenvalue weighted by atomic mass is 16.3. The Kier molecular flexibility index (Phi) is 7.56. The van der Waals surface area contributed by atoms with E-state index in [9.17, 15) is 19.8 Å². The van der Waals surface area contributed by atoms with Crippen LogP contribution in [0.3, 0.4) is 0 Å². The predicted molar refractivity (Wildman–Crippen MR) is 119 cm³/mol. The molecule has 3 aromatic rings. The van der Waals surface area contributed by atoms with Gasteiger partial charge < -0.3 is 20.8 Å². The molecule has 31 heavy (non-hydrogen) atoms. The molecule has 0 saturated carbocycles. The Balaban J connectivity index is 1.81. The van der Waals surface area contributed by atoms with Gasteiger partial charge in [-0.15, -0.1) is 0 Å². The van der Waals surface area contributed by atoms with Gasteiger partial charge in [0.25, 0.3) is 11.8 Å². The standard InChI is InChI=1S/C25H24N2O4/c28-17-21(15-18-7-3-1-4-8-18)26-25(31)23(16-19-11-13-22(29)14-12-19)27-24(30)20-9-5-2-6-10-20/h1-14,16,21,28-29H,15,17H2,(H,26,31)(H,27,30)/b23-16+/t21-/m0/s1. The number of carbonyl (C=O) groups is 2. The lowest BCUT2D eigenvalue weighted by atomic mass is 10.1. The van der Waals surface area contributed by atoms with Crippen LogP contribution in [0.1, 0.15) is 21.5 Å². The van der Waals surface area contributed by atoms with Crippen molar-refractivity contribution in [3.8, 4) is 5.75 Å². The van der Waals surface area contributed by atoms with Gasteiger partial charge in [-0.2, -0.15) is 0 Å².